The quantitative estimate of drug-likeness (QED) is 0.705. The number of anilines is 2. The summed E-state index contributed by atoms with van der Waals surface area (Å²) in [5.41, 5.74) is 0.860. The molecule has 1 aromatic heterocycles. The smallest absolute Gasteiger partial charge is 0.262 e. The van der Waals surface area contributed by atoms with Crippen LogP contribution in [0.2, 0.25) is 0 Å². The van der Waals surface area contributed by atoms with Crippen molar-refractivity contribution in [1.82, 2.24) is 0 Å². The van der Waals surface area contributed by atoms with Crippen LogP contribution in [-0.4, -0.2) is 19.0 Å². The second-order valence-electron chi connectivity index (χ2n) is 5.91. The van der Waals surface area contributed by atoms with Gasteiger partial charge < -0.3 is 14.6 Å². The monoisotopic (exact) mass is 404 g/mol. The normalized spacial score (nSPS) is 19.3. The van der Waals surface area contributed by atoms with E-state index in [1.54, 1.807) is 0 Å². The van der Waals surface area contributed by atoms with Gasteiger partial charge in [0.05, 0.1) is 15.1 Å². The molecular formula is C18H17BrN2O2S. The molecule has 6 heteroatoms. The van der Waals surface area contributed by atoms with E-state index in [-0.39, 0.29) is 5.91 Å². The summed E-state index contributed by atoms with van der Waals surface area (Å²) >= 11 is 5.06. The van der Waals surface area contributed by atoms with Crippen LogP contribution in [-0.2, 0) is 4.79 Å². The molecule has 1 fully saturated rings. The van der Waals surface area contributed by atoms with Crippen LogP contribution in [0.4, 0.5) is 11.6 Å². The number of benzene rings is 1. The first-order valence-corrected chi connectivity index (χ1v) is 9.66. The summed E-state index contributed by atoms with van der Waals surface area (Å²) in [4.78, 5) is 16.2. The minimum absolute atomic E-state index is 0.0919. The van der Waals surface area contributed by atoms with Crippen molar-refractivity contribution in [1.29, 1.82) is 0 Å². The summed E-state index contributed by atoms with van der Waals surface area (Å²) in [6.07, 6.45) is 5.48. The Hall–Kier alpha value is -1.66. The molecule has 0 unspecified atom stereocenters. The van der Waals surface area contributed by atoms with E-state index >= 15 is 0 Å². The fraction of sp³-hybridized carbons (Fsp3) is 0.278. The van der Waals surface area contributed by atoms with E-state index in [4.69, 9.17) is 4.42 Å². The number of amides is 1. The van der Waals surface area contributed by atoms with E-state index in [1.165, 1.54) is 31.0 Å². The number of piperidine rings is 1. The molecule has 124 valence electrons. The number of carbonyl (C=O) groups is 1. The number of rotatable bonds is 2. The Morgan fingerprint density at radius 2 is 2.00 bits per heavy atom. The molecule has 24 heavy (non-hydrogen) atoms. The summed E-state index contributed by atoms with van der Waals surface area (Å²) in [5.74, 6) is 1.47. The third kappa shape index (κ3) is 3.13. The summed E-state index contributed by atoms with van der Waals surface area (Å²) in [6, 6.07) is 9.74. The first-order chi connectivity index (χ1) is 11.7. The van der Waals surface area contributed by atoms with E-state index in [1.807, 2.05) is 36.4 Å². The van der Waals surface area contributed by atoms with Crippen molar-refractivity contribution < 1.29 is 9.21 Å². The number of hydrogen-bond acceptors (Lipinski definition) is 4. The fourth-order valence-electron chi connectivity index (χ4n) is 2.99. The minimum atomic E-state index is -0.0919. The van der Waals surface area contributed by atoms with E-state index in [0.29, 0.717) is 10.7 Å². The summed E-state index contributed by atoms with van der Waals surface area (Å²) in [5, 5.41) is 2.92. The zero-order valence-electron chi connectivity index (χ0n) is 13.0. The number of nitrogens with one attached hydrogen (secondary N) is 1. The van der Waals surface area contributed by atoms with Gasteiger partial charge in [-0.05, 0) is 47.3 Å². The molecule has 4 rings (SSSR count). The Balaban J connectivity index is 1.61. The Morgan fingerprint density at radius 1 is 1.21 bits per heavy atom. The van der Waals surface area contributed by atoms with Crippen molar-refractivity contribution in [2.24, 2.45) is 0 Å². The van der Waals surface area contributed by atoms with Crippen LogP contribution < -0.4 is 10.2 Å². The molecule has 0 aliphatic carbocycles. The van der Waals surface area contributed by atoms with Crippen molar-refractivity contribution in [3.05, 3.63) is 45.5 Å². The zero-order valence-corrected chi connectivity index (χ0v) is 15.5. The van der Waals surface area contributed by atoms with E-state index in [2.05, 4.69) is 26.1 Å². The molecular weight excluding hydrogens is 388 g/mol. The fourth-order valence-corrected chi connectivity index (χ4v) is 4.48. The Morgan fingerprint density at radius 3 is 2.83 bits per heavy atom. The second kappa shape index (κ2) is 6.69. The van der Waals surface area contributed by atoms with Crippen LogP contribution in [0.3, 0.4) is 0 Å². The first kappa shape index (κ1) is 15.8. The molecule has 2 aliphatic rings. The molecule has 2 aromatic rings. The highest BCUT2D eigenvalue weighted by atomic mass is 79.9. The summed E-state index contributed by atoms with van der Waals surface area (Å²) < 4.78 is 6.94. The minimum Gasteiger partial charge on any atom is -0.440 e. The van der Waals surface area contributed by atoms with Crippen LogP contribution in [0.25, 0.3) is 6.08 Å². The van der Waals surface area contributed by atoms with Crippen molar-refractivity contribution in [3.8, 4) is 0 Å². The van der Waals surface area contributed by atoms with Gasteiger partial charge in [-0.3, -0.25) is 4.79 Å². The standard InChI is InChI=1S/C18H17BrN2O2S/c19-13-10-12(23-18(13)21-8-4-1-5-9-21)11-16-17(22)20-14-6-2-3-7-15(14)24-16/h2-3,6-7,10-11H,1,4-5,8-9H2,(H,20,22)/b16-11-. The van der Waals surface area contributed by atoms with E-state index < -0.39 is 0 Å². The lowest BCUT2D eigenvalue weighted by Crippen LogP contribution is -2.29. The molecule has 2 aliphatic heterocycles. The Kier molecular flexibility index (Phi) is 4.41. The molecule has 0 spiro atoms. The van der Waals surface area contributed by atoms with Crippen molar-refractivity contribution in [2.45, 2.75) is 24.2 Å². The zero-order chi connectivity index (χ0) is 16.5. The molecule has 4 nitrogen and oxygen atoms in total. The second-order valence-corrected chi connectivity index (χ2v) is 7.85. The third-order valence-electron chi connectivity index (χ3n) is 4.18. The molecule has 1 N–H and O–H groups in total. The highest BCUT2D eigenvalue weighted by Gasteiger charge is 2.22. The van der Waals surface area contributed by atoms with Crippen LogP contribution in [0.5, 0.6) is 0 Å². The van der Waals surface area contributed by atoms with Gasteiger partial charge in [0.15, 0.2) is 0 Å². The van der Waals surface area contributed by atoms with E-state index in [9.17, 15) is 4.79 Å². The average Bonchev–Trinajstić information content (AvgIpc) is 2.97. The predicted octanol–water partition coefficient (Wildman–Crippen LogP) is 5.12. The lowest BCUT2D eigenvalue weighted by atomic mass is 10.1. The average molecular weight is 405 g/mol. The number of thioether (sulfide) groups is 1. The number of hydrogen-bond donors (Lipinski definition) is 1. The molecule has 1 amide bonds. The lowest BCUT2D eigenvalue weighted by molar-refractivity contribution is -0.112. The summed E-state index contributed by atoms with van der Waals surface area (Å²) in [7, 11) is 0. The Labute approximate surface area is 153 Å². The largest absolute Gasteiger partial charge is 0.440 e. The molecule has 0 bridgehead atoms. The molecule has 0 saturated carbocycles. The number of para-hydroxylation sites is 1. The van der Waals surface area contributed by atoms with Gasteiger partial charge in [-0.15, -0.1) is 0 Å². The topological polar surface area (TPSA) is 45.5 Å². The SMILES string of the molecule is O=C1Nc2ccccc2S/C1=C\c1cc(Br)c(N2CCCCC2)o1. The molecule has 1 saturated heterocycles. The number of fused-ring (bicyclic) bond motifs is 1. The molecule has 0 radical (unpaired) electrons. The van der Waals surface area contributed by atoms with Gasteiger partial charge >= 0.3 is 0 Å². The molecule has 1 aromatic carbocycles. The van der Waals surface area contributed by atoms with Crippen molar-refractivity contribution >= 4 is 51.2 Å². The van der Waals surface area contributed by atoms with Gasteiger partial charge in [0.1, 0.15) is 5.76 Å². The lowest BCUT2D eigenvalue weighted by Gasteiger charge is -2.26. The third-order valence-corrected chi connectivity index (χ3v) is 5.85. The first-order valence-electron chi connectivity index (χ1n) is 8.05. The number of furan rings is 1. The molecule has 3 heterocycles. The van der Waals surface area contributed by atoms with Gasteiger partial charge in [-0.25, -0.2) is 0 Å². The maximum absolute atomic E-state index is 12.3. The maximum atomic E-state index is 12.3. The summed E-state index contributed by atoms with van der Waals surface area (Å²) in [6.45, 7) is 2.04. The van der Waals surface area contributed by atoms with Crippen LogP contribution >= 0.6 is 27.7 Å². The van der Waals surface area contributed by atoms with Crippen molar-refractivity contribution in [2.75, 3.05) is 23.3 Å². The van der Waals surface area contributed by atoms with Crippen LogP contribution in [0, 0.1) is 0 Å². The van der Waals surface area contributed by atoms with Crippen LogP contribution in [0.1, 0.15) is 25.0 Å². The van der Waals surface area contributed by atoms with Gasteiger partial charge in [0, 0.05) is 30.1 Å². The van der Waals surface area contributed by atoms with Crippen molar-refractivity contribution in [3.63, 3.8) is 0 Å². The highest BCUT2D eigenvalue weighted by Crippen LogP contribution is 2.40. The Bertz CT molecular complexity index is 809. The van der Waals surface area contributed by atoms with Crippen LogP contribution in [0.15, 0.2) is 49.0 Å². The molecule has 0 atom stereocenters. The van der Waals surface area contributed by atoms with Gasteiger partial charge in [-0.2, -0.15) is 0 Å². The number of carbonyl (C=O) groups excluding carboxylic acids is 1. The number of nitrogens with zero attached hydrogens (tertiary/aromatic N) is 1. The maximum Gasteiger partial charge on any atom is 0.262 e. The van der Waals surface area contributed by atoms with Gasteiger partial charge in [0.2, 0.25) is 5.88 Å². The predicted molar refractivity (Wildman–Crippen MR) is 101 cm³/mol. The van der Waals surface area contributed by atoms with Gasteiger partial charge in [0.25, 0.3) is 5.91 Å². The van der Waals surface area contributed by atoms with Gasteiger partial charge in [-0.1, -0.05) is 23.9 Å². The number of halogens is 1. The van der Waals surface area contributed by atoms with E-state index in [0.717, 1.165) is 34.0 Å². The highest BCUT2D eigenvalue weighted by molar-refractivity contribution is 9.10.